The Hall–Kier alpha value is -2.35. The number of hydrogen-bond acceptors (Lipinski definition) is 3. The fourth-order valence-electron chi connectivity index (χ4n) is 4.39. The molecule has 2 atom stereocenters. The number of aliphatic hydroxyl groups excluding tert-OH is 1. The average molecular weight is 432 g/mol. The van der Waals surface area contributed by atoms with Gasteiger partial charge < -0.3 is 15.0 Å². The van der Waals surface area contributed by atoms with Crippen LogP contribution < -0.4 is 5.32 Å². The standard InChI is InChI=1S/C24H28F3N3O/c1-13(30(2)3)24(31)28-12-14-8-16(9-14)21-19-10-18(26)11-20(27)23(19)29-22(21)15-4-6-17(25)7-5-15/h4-7,10-11,13-14,16,24,28-29,31H,8-9,12H2,1-3H3/t13?,14-,16+,24?. The van der Waals surface area contributed by atoms with Crippen LogP contribution in [-0.2, 0) is 0 Å². The molecular formula is C24H28F3N3O. The third-order valence-electron chi connectivity index (χ3n) is 6.53. The normalized spacial score (nSPS) is 20.8. The Labute approximate surface area is 180 Å². The molecule has 1 aliphatic carbocycles. The number of aromatic nitrogens is 1. The molecule has 7 heteroatoms. The van der Waals surface area contributed by atoms with Crippen molar-refractivity contribution in [1.82, 2.24) is 15.2 Å². The topological polar surface area (TPSA) is 51.3 Å². The lowest BCUT2D eigenvalue weighted by Crippen LogP contribution is -2.48. The Bertz CT molecular complexity index is 1060. The minimum atomic E-state index is -0.636. The number of nitrogens with zero attached hydrogens (tertiary/aromatic N) is 1. The number of rotatable bonds is 7. The molecule has 1 aromatic heterocycles. The molecule has 3 N–H and O–H groups in total. The van der Waals surface area contributed by atoms with Crippen molar-refractivity contribution in [1.29, 1.82) is 0 Å². The summed E-state index contributed by atoms with van der Waals surface area (Å²) in [4.78, 5) is 5.06. The van der Waals surface area contributed by atoms with Gasteiger partial charge >= 0.3 is 0 Å². The highest BCUT2D eigenvalue weighted by Crippen LogP contribution is 2.48. The Morgan fingerprint density at radius 1 is 1.10 bits per heavy atom. The second kappa shape index (κ2) is 8.65. The van der Waals surface area contributed by atoms with E-state index in [0.29, 0.717) is 23.5 Å². The molecular weight excluding hydrogens is 403 g/mol. The first kappa shape index (κ1) is 21.9. The first-order valence-electron chi connectivity index (χ1n) is 10.6. The van der Waals surface area contributed by atoms with E-state index >= 15 is 0 Å². The summed E-state index contributed by atoms with van der Waals surface area (Å²) in [5.74, 6) is -1.11. The quantitative estimate of drug-likeness (QED) is 0.479. The van der Waals surface area contributed by atoms with Crippen molar-refractivity contribution < 1.29 is 18.3 Å². The van der Waals surface area contributed by atoms with Gasteiger partial charge in [0.2, 0.25) is 0 Å². The molecule has 1 aliphatic rings. The van der Waals surface area contributed by atoms with Crippen LogP contribution in [0.25, 0.3) is 22.2 Å². The molecule has 2 aromatic carbocycles. The molecule has 2 unspecified atom stereocenters. The van der Waals surface area contributed by atoms with Crippen molar-refractivity contribution in [2.75, 3.05) is 20.6 Å². The summed E-state index contributed by atoms with van der Waals surface area (Å²) in [6.07, 6.45) is 1.06. The number of hydrogen-bond donors (Lipinski definition) is 3. The molecule has 0 amide bonds. The maximum absolute atomic E-state index is 14.5. The monoisotopic (exact) mass is 431 g/mol. The van der Waals surface area contributed by atoms with Crippen molar-refractivity contribution in [3.8, 4) is 11.3 Å². The summed E-state index contributed by atoms with van der Waals surface area (Å²) in [7, 11) is 3.84. The molecule has 0 radical (unpaired) electrons. The largest absolute Gasteiger partial charge is 0.377 e. The zero-order valence-corrected chi connectivity index (χ0v) is 17.9. The van der Waals surface area contributed by atoms with Crippen LogP contribution in [0.3, 0.4) is 0 Å². The molecule has 3 aromatic rings. The van der Waals surface area contributed by atoms with Crippen molar-refractivity contribution in [3.05, 3.63) is 59.4 Å². The van der Waals surface area contributed by atoms with Gasteiger partial charge in [-0.3, -0.25) is 5.32 Å². The minimum Gasteiger partial charge on any atom is -0.377 e. The number of aliphatic hydroxyl groups is 1. The molecule has 4 nitrogen and oxygen atoms in total. The van der Waals surface area contributed by atoms with E-state index in [1.807, 2.05) is 25.9 Å². The van der Waals surface area contributed by atoms with Crippen LogP contribution >= 0.6 is 0 Å². The molecule has 0 spiro atoms. The van der Waals surface area contributed by atoms with Crippen LogP contribution in [0.5, 0.6) is 0 Å². The predicted octanol–water partition coefficient (Wildman–Crippen LogP) is 4.60. The fourth-order valence-corrected chi connectivity index (χ4v) is 4.39. The summed E-state index contributed by atoms with van der Waals surface area (Å²) in [5.41, 5.74) is 2.59. The van der Waals surface area contributed by atoms with Gasteiger partial charge in [0.25, 0.3) is 0 Å². The number of nitrogens with one attached hydrogen (secondary N) is 2. The summed E-state index contributed by atoms with van der Waals surface area (Å²) < 4.78 is 41.9. The van der Waals surface area contributed by atoms with Crippen molar-refractivity contribution in [2.24, 2.45) is 5.92 Å². The number of likely N-dealkylation sites (N-methyl/N-ethyl adjacent to an activating group) is 1. The molecule has 1 fully saturated rings. The van der Waals surface area contributed by atoms with Gasteiger partial charge in [-0.1, -0.05) is 0 Å². The Kier molecular flexibility index (Phi) is 6.10. The van der Waals surface area contributed by atoms with Gasteiger partial charge in [0, 0.05) is 24.0 Å². The zero-order valence-electron chi connectivity index (χ0n) is 17.9. The number of halogens is 3. The van der Waals surface area contributed by atoms with E-state index in [9.17, 15) is 18.3 Å². The molecule has 1 heterocycles. The van der Waals surface area contributed by atoms with Crippen molar-refractivity contribution in [2.45, 2.75) is 38.0 Å². The van der Waals surface area contributed by atoms with Crippen LogP contribution in [0.15, 0.2) is 36.4 Å². The summed E-state index contributed by atoms with van der Waals surface area (Å²) in [6.45, 7) is 2.62. The van der Waals surface area contributed by atoms with E-state index in [1.54, 1.807) is 12.1 Å². The summed E-state index contributed by atoms with van der Waals surface area (Å²) >= 11 is 0. The number of aromatic amines is 1. The van der Waals surface area contributed by atoms with Crippen LogP contribution in [-0.4, -0.2) is 47.9 Å². The van der Waals surface area contributed by atoms with Crippen LogP contribution in [0, 0.1) is 23.4 Å². The first-order valence-corrected chi connectivity index (χ1v) is 10.6. The van der Waals surface area contributed by atoms with E-state index in [1.165, 1.54) is 18.2 Å². The average Bonchev–Trinajstić information content (AvgIpc) is 3.06. The predicted molar refractivity (Wildman–Crippen MR) is 116 cm³/mol. The molecule has 0 aliphatic heterocycles. The Balaban J connectivity index is 1.58. The fraction of sp³-hybridized carbons (Fsp3) is 0.417. The van der Waals surface area contributed by atoms with Gasteiger partial charge in [-0.25, -0.2) is 13.2 Å². The lowest BCUT2D eigenvalue weighted by molar-refractivity contribution is 0.0492. The van der Waals surface area contributed by atoms with Gasteiger partial charge in [0.15, 0.2) is 0 Å². The van der Waals surface area contributed by atoms with Gasteiger partial charge in [-0.05, 0) is 87.2 Å². The van der Waals surface area contributed by atoms with Crippen LogP contribution in [0.2, 0.25) is 0 Å². The van der Waals surface area contributed by atoms with Gasteiger partial charge in [-0.15, -0.1) is 0 Å². The highest BCUT2D eigenvalue weighted by atomic mass is 19.1. The van der Waals surface area contributed by atoms with Gasteiger partial charge in [-0.2, -0.15) is 0 Å². The Morgan fingerprint density at radius 2 is 1.77 bits per heavy atom. The van der Waals surface area contributed by atoms with E-state index in [-0.39, 0.29) is 23.3 Å². The summed E-state index contributed by atoms with van der Waals surface area (Å²) in [6, 6.07) is 8.25. The SMILES string of the molecule is CC(C(O)NC[C@H]1C[C@@H](c2c(-c3ccc(F)cc3)[nH]c3c(F)cc(F)cc32)C1)N(C)C. The third kappa shape index (κ3) is 4.35. The van der Waals surface area contributed by atoms with E-state index < -0.39 is 17.9 Å². The van der Waals surface area contributed by atoms with E-state index in [4.69, 9.17) is 0 Å². The Morgan fingerprint density at radius 3 is 2.42 bits per heavy atom. The smallest absolute Gasteiger partial charge is 0.150 e. The molecule has 166 valence electrons. The van der Waals surface area contributed by atoms with Crippen molar-refractivity contribution >= 4 is 10.9 Å². The molecule has 0 bridgehead atoms. The highest BCUT2D eigenvalue weighted by molar-refractivity contribution is 5.92. The lowest BCUT2D eigenvalue weighted by Gasteiger charge is -2.37. The maximum Gasteiger partial charge on any atom is 0.150 e. The van der Waals surface area contributed by atoms with Gasteiger partial charge in [0.1, 0.15) is 23.7 Å². The number of H-pyrrole nitrogens is 1. The van der Waals surface area contributed by atoms with Crippen LogP contribution in [0.4, 0.5) is 13.2 Å². The summed E-state index contributed by atoms with van der Waals surface area (Å²) in [5, 5.41) is 14.0. The second-order valence-electron chi connectivity index (χ2n) is 8.82. The first-order chi connectivity index (χ1) is 14.7. The van der Waals surface area contributed by atoms with E-state index in [0.717, 1.165) is 30.0 Å². The number of fused-ring (bicyclic) bond motifs is 1. The van der Waals surface area contributed by atoms with E-state index in [2.05, 4.69) is 10.3 Å². The highest BCUT2D eigenvalue weighted by Gasteiger charge is 2.35. The molecule has 4 rings (SSSR count). The second-order valence-corrected chi connectivity index (χ2v) is 8.82. The molecule has 1 saturated carbocycles. The lowest BCUT2D eigenvalue weighted by atomic mass is 9.70. The zero-order chi connectivity index (χ0) is 22.3. The number of benzene rings is 2. The maximum atomic E-state index is 14.5. The van der Waals surface area contributed by atoms with Crippen LogP contribution in [0.1, 0.15) is 31.2 Å². The molecule has 0 saturated heterocycles. The van der Waals surface area contributed by atoms with Crippen molar-refractivity contribution in [3.63, 3.8) is 0 Å². The molecule has 31 heavy (non-hydrogen) atoms. The third-order valence-corrected chi connectivity index (χ3v) is 6.53. The van der Waals surface area contributed by atoms with Gasteiger partial charge in [0.05, 0.1) is 11.2 Å². The minimum absolute atomic E-state index is 0.0134.